The van der Waals surface area contributed by atoms with E-state index >= 15 is 0 Å². The van der Waals surface area contributed by atoms with Gasteiger partial charge in [0.2, 0.25) is 31.8 Å². The summed E-state index contributed by atoms with van der Waals surface area (Å²) in [6.07, 6.45) is 5.16. The largest absolute Gasteiger partial charge is 0.526 e. The fourth-order valence-electron chi connectivity index (χ4n) is 11.2. The number of ether oxygens (including phenoxy) is 2. The van der Waals surface area contributed by atoms with E-state index in [1.807, 2.05) is 36.4 Å². The summed E-state index contributed by atoms with van der Waals surface area (Å²) in [5.74, 6) is 0.910. The van der Waals surface area contributed by atoms with E-state index < -0.39 is 50.6 Å². The number of nitrogens with zero attached hydrogens (tertiary/aromatic N) is 4. The Labute approximate surface area is 591 Å². The number of amides is 2. The lowest BCUT2D eigenvalue weighted by Crippen LogP contribution is -2.27. The van der Waals surface area contributed by atoms with Gasteiger partial charge in [-0.15, -0.1) is 0 Å². The smallest absolute Gasteiger partial charge is 0.496 e. The number of hydrogen-bond donors (Lipinski definition) is 4. The zero-order valence-electron chi connectivity index (χ0n) is 54.2. The Balaban J connectivity index is 0.000000182. The summed E-state index contributed by atoms with van der Waals surface area (Å²) >= 11 is 2.19. The summed E-state index contributed by atoms with van der Waals surface area (Å²) in [4.78, 5) is 36.0. The summed E-state index contributed by atoms with van der Waals surface area (Å²) in [5.41, 5.74) is 9.14. The third kappa shape index (κ3) is 14.3. The number of carbonyl (C=O) groups is 2. The number of aromatic nitrogens is 2. The molecule has 2 amide bonds. The highest BCUT2D eigenvalue weighted by Gasteiger charge is 2.30. The van der Waals surface area contributed by atoms with Crippen molar-refractivity contribution in [2.45, 2.75) is 7.43 Å². The molecule has 0 saturated carbocycles. The van der Waals surface area contributed by atoms with Crippen LogP contribution in [-0.2, 0) is 20.0 Å². The molecule has 28 heteroatoms. The molecule has 0 bridgehead atoms. The number of furan rings is 4. The molecule has 0 unspecified atom stereocenters. The SMILES string of the molecule is C.CNC(=O)c1c(-c2ccc(F)cc2)oc2cc(N(C)S(C)(=O)=O)c(-c3ccc(OC)c(-c4nc5c(-c6ccco6)cccc5o4)c3)cc12.CNC(=O)c1c(-c2ccc(F)cc2)oc2cc(N(C)S(C)(=O)=O)c(-c3ccc(OC)c(-c4nc5c(I)cccc5o4)c3)cc12.OB(O)c1ccco1. The number of hydrogen-bond acceptors (Lipinski definition) is 18. The number of oxazole rings is 2. The molecule has 0 aliphatic heterocycles. The van der Waals surface area contributed by atoms with E-state index in [9.17, 15) is 35.2 Å². The molecule has 22 nitrogen and oxygen atoms in total. The summed E-state index contributed by atoms with van der Waals surface area (Å²) in [7, 11) is -0.00769. The Hall–Kier alpha value is -11.0. The molecule has 0 spiro atoms. The third-order valence-corrected chi connectivity index (χ3v) is 19.5. The van der Waals surface area contributed by atoms with E-state index in [4.69, 9.17) is 51.6 Å². The van der Waals surface area contributed by atoms with Crippen LogP contribution in [0.2, 0.25) is 0 Å². The van der Waals surface area contributed by atoms with Crippen molar-refractivity contribution in [2.75, 3.05) is 63.5 Å². The van der Waals surface area contributed by atoms with Crippen LogP contribution in [0.15, 0.2) is 209 Å². The lowest BCUT2D eigenvalue weighted by atomic mass is 9.88. The van der Waals surface area contributed by atoms with Gasteiger partial charge in [-0.3, -0.25) is 18.2 Å². The summed E-state index contributed by atoms with van der Waals surface area (Å²) in [6, 6.07) is 46.3. The molecule has 0 aliphatic rings. The van der Waals surface area contributed by atoms with Gasteiger partial charge in [0.1, 0.15) is 68.3 Å². The van der Waals surface area contributed by atoms with Gasteiger partial charge in [-0.05, 0) is 167 Å². The Bertz CT molecular complexity index is 5670. The number of benzene rings is 8. The molecule has 14 aromatic rings. The second kappa shape index (κ2) is 29.0. The minimum Gasteiger partial charge on any atom is -0.496 e. The Kier molecular flexibility index (Phi) is 20.5. The predicted molar refractivity (Wildman–Crippen MR) is 392 cm³/mol. The second-order valence-electron chi connectivity index (χ2n) is 22.4. The van der Waals surface area contributed by atoms with Gasteiger partial charge in [-0.2, -0.15) is 0 Å². The van der Waals surface area contributed by atoms with Crippen molar-refractivity contribution in [3.05, 3.63) is 209 Å². The number of methoxy groups -OCH3 is 2. The van der Waals surface area contributed by atoms with E-state index in [1.165, 1.54) is 103 Å². The Morgan fingerprint density at radius 2 is 0.950 bits per heavy atom. The number of anilines is 2. The van der Waals surface area contributed by atoms with Crippen molar-refractivity contribution >= 4 is 123 Å². The van der Waals surface area contributed by atoms with Gasteiger partial charge < -0.3 is 56.7 Å². The summed E-state index contributed by atoms with van der Waals surface area (Å²) in [5, 5.41) is 22.9. The van der Waals surface area contributed by atoms with Crippen molar-refractivity contribution in [3.8, 4) is 90.6 Å². The molecule has 0 atom stereocenters. The van der Waals surface area contributed by atoms with Crippen molar-refractivity contribution < 1.29 is 81.2 Å². The normalized spacial score (nSPS) is 11.4. The quantitative estimate of drug-likeness (QED) is 0.0516. The lowest BCUT2D eigenvalue weighted by molar-refractivity contribution is 0.0956. The van der Waals surface area contributed by atoms with Crippen LogP contribution in [0.1, 0.15) is 28.1 Å². The molecule has 101 heavy (non-hydrogen) atoms. The van der Waals surface area contributed by atoms with Crippen LogP contribution in [0.25, 0.3) is 123 Å². The van der Waals surface area contributed by atoms with Crippen LogP contribution >= 0.6 is 22.6 Å². The fraction of sp³-hybridized carbons (Fsp3) is 0.123. The number of halogens is 3. The molecule has 6 aromatic heterocycles. The zero-order valence-corrected chi connectivity index (χ0v) is 58.0. The van der Waals surface area contributed by atoms with Crippen LogP contribution in [0.3, 0.4) is 0 Å². The van der Waals surface area contributed by atoms with Gasteiger partial charge in [0.15, 0.2) is 11.2 Å². The average Bonchev–Trinajstić information content (AvgIpc) is 1.66. The summed E-state index contributed by atoms with van der Waals surface area (Å²) < 4.78 is 128. The van der Waals surface area contributed by atoms with Crippen molar-refractivity contribution in [2.24, 2.45) is 0 Å². The van der Waals surface area contributed by atoms with Gasteiger partial charge in [0, 0.05) is 82.5 Å². The monoisotopic (exact) mass is 1520 g/mol. The maximum atomic E-state index is 13.8. The molecule has 8 aromatic carbocycles. The third-order valence-electron chi connectivity index (χ3n) is 16.3. The average molecular weight is 1520 g/mol. The van der Waals surface area contributed by atoms with Crippen molar-refractivity contribution in [3.63, 3.8) is 0 Å². The van der Waals surface area contributed by atoms with Gasteiger partial charge in [0.25, 0.3) is 11.8 Å². The minimum absolute atomic E-state index is 0. The number of sulfonamides is 2. The van der Waals surface area contributed by atoms with E-state index in [-0.39, 0.29) is 52.8 Å². The van der Waals surface area contributed by atoms with E-state index in [2.05, 4.69) is 37.6 Å². The number of para-hydroxylation sites is 2. The molecule has 14 rings (SSSR count). The highest BCUT2D eigenvalue weighted by molar-refractivity contribution is 14.1. The molecule has 0 saturated heterocycles. The van der Waals surface area contributed by atoms with Gasteiger partial charge >= 0.3 is 7.12 Å². The zero-order chi connectivity index (χ0) is 71.1. The van der Waals surface area contributed by atoms with Crippen LogP contribution in [0.5, 0.6) is 11.5 Å². The van der Waals surface area contributed by atoms with Gasteiger partial charge in [0.05, 0.1) is 72.9 Å². The minimum atomic E-state index is -3.75. The highest BCUT2D eigenvalue weighted by atomic mass is 127. The maximum absolute atomic E-state index is 13.8. The number of carbonyl (C=O) groups excluding carboxylic acids is 2. The molecule has 4 N–H and O–H groups in total. The molecular weight excluding hydrogens is 1460 g/mol. The second-order valence-corrected chi connectivity index (χ2v) is 27.6. The maximum Gasteiger partial charge on any atom is 0.526 e. The first-order chi connectivity index (χ1) is 47.9. The first kappa shape index (κ1) is 71.2. The van der Waals surface area contributed by atoms with Crippen LogP contribution in [0.4, 0.5) is 20.2 Å². The molecule has 516 valence electrons. The first-order valence-corrected chi connectivity index (χ1v) is 35.0. The molecule has 0 fully saturated rings. The molecule has 0 radical (unpaired) electrons. The standard InChI is InChI=1S/C36H28FN3O7S.C32H25FIN3O6S.C4H5BO3.CH4/c1-38-35(41)32-25-18-24(27(40(2)48(4,42)43)19-31(25)46-34(32)20-10-13-22(37)14-11-20)21-12-15-28(44-3)26(17-21)36-39-33-23(29-9-6-16-45-29)7-5-8-30(33)47-36;1-35-31(38)28-21-15-20(18-10-13-25(41-3)22(14-18)32-36-29-23(34)6-5-7-26(29)43-32)24(37(2)44(4,39)40)16-27(21)42-30(28)17-8-11-19(33)12-9-17;6-5(7)4-2-1-3-8-4;/h5-19H,1-4H3,(H,38,41);5-16H,1-4H3,(H,35,38);1-3,6-7H;1H4. The molecule has 6 heterocycles. The molecular formula is C73H62BF2IN6O16S2. The number of nitrogens with one attached hydrogen (secondary N) is 2. The molecule has 0 aliphatic carbocycles. The summed E-state index contributed by atoms with van der Waals surface area (Å²) in [6.45, 7) is 0. The van der Waals surface area contributed by atoms with E-state index in [1.54, 1.807) is 85.1 Å². The van der Waals surface area contributed by atoms with Crippen LogP contribution in [-0.4, -0.2) is 111 Å². The first-order valence-electron chi connectivity index (χ1n) is 30.2. The van der Waals surface area contributed by atoms with Crippen molar-refractivity contribution in [1.82, 2.24) is 20.6 Å². The Morgan fingerprint density at radius 3 is 1.35 bits per heavy atom. The van der Waals surface area contributed by atoms with E-state index in [0.717, 1.165) is 30.3 Å². The van der Waals surface area contributed by atoms with E-state index in [0.29, 0.717) is 112 Å². The lowest BCUT2D eigenvalue weighted by Gasteiger charge is -2.21. The highest BCUT2D eigenvalue weighted by Crippen LogP contribution is 2.47. The number of rotatable bonds is 16. The van der Waals surface area contributed by atoms with Crippen LogP contribution < -0.4 is 34.4 Å². The predicted octanol–water partition coefficient (Wildman–Crippen LogP) is 14.4. The van der Waals surface area contributed by atoms with Crippen molar-refractivity contribution in [1.29, 1.82) is 0 Å². The Morgan fingerprint density at radius 1 is 0.515 bits per heavy atom. The van der Waals surface area contributed by atoms with Gasteiger partial charge in [-0.1, -0.05) is 31.7 Å². The van der Waals surface area contributed by atoms with Gasteiger partial charge in [-0.25, -0.2) is 35.6 Å². The topological polar surface area (TPSA) is 296 Å². The number of fused-ring (bicyclic) bond motifs is 4. The van der Waals surface area contributed by atoms with Crippen LogP contribution in [0, 0.1) is 15.2 Å². The fourth-order valence-corrected chi connectivity index (χ4v) is 12.8.